The van der Waals surface area contributed by atoms with Crippen LogP contribution in [0, 0.1) is 0 Å². The summed E-state index contributed by atoms with van der Waals surface area (Å²) in [7, 11) is 1.61. The number of thioether (sulfide) groups is 1. The molecule has 0 saturated heterocycles. The molecule has 0 spiro atoms. The fourth-order valence-corrected chi connectivity index (χ4v) is 3.04. The lowest BCUT2D eigenvalue weighted by Gasteiger charge is -2.21. The summed E-state index contributed by atoms with van der Waals surface area (Å²) in [5, 5.41) is 0.0246. The molecule has 1 aliphatic rings. The van der Waals surface area contributed by atoms with Gasteiger partial charge in [0.25, 0.3) is 11.7 Å². The molecule has 1 aliphatic heterocycles. The number of nitrogens with zero attached hydrogens (tertiary/aromatic N) is 2. The van der Waals surface area contributed by atoms with Gasteiger partial charge in [0.2, 0.25) is 0 Å². The highest BCUT2D eigenvalue weighted by molar-refractivity contribution is 7.99. The van der Waals surface area contributed by atoms with E-state index in [2.05, 4.69) is 4.98 Å². The van der Waals surface area contributed by atoms with Gasteiger partial charge in [-0.15, -0.1) is 0 Å². The summed E-state index contributed by atoms with van der Waals surface area (Å²) in [5.74, 6) is -1.69. The first-order chi connectivity index (χ1) is 12.0. The van der Waals surface area contributed by atoms with Gasteiger partial charge in [-0.25, -0.2) is 4.98 Å². The second kappa shape index (κ2) is 7.69. The quantitative estimate of drug-likeness (QED) is 0.759. The molecule has 1 aromatic heterocycles. The lowest BCUT2D eigenvalue weighted by molar-refractivity contribution is 0.0780. The zero-order chi connectivity index (χ0) is 17.8. The van der Waals surface area contributed by atoms with Gasteiger partial charge in [-0.05, 0) is 41.6 Å². The van der Waals surface area contributed by atoms with Crippen LogP contribution in [0.1, 0.15) is 15.9 Å². The van der Waals surface area contributed by atoms with Gasteiger partial charge in [0.1, 0.15) is 18.2 Å². The molecule has 8 heteroatoms. The van der Waals surface area contributed by atoms with Crippen LogP contribution < -0.4 is 9.47 Å². The van der Waals surface area contributed by atoms with E-state index < -0.39 is 5.76 Å². The fraction of sp³-hybridized carbons (Fsp3) is 0.294. The molecule has 1 aromatic carbocycles. The molecule has 0 fully saturated rings. The summed E-state index contributed by atoms with van der Waals surface area (Å²) < 4.78 is 36.3. The maximum atomic E-state index is 12.6. The average Bonchev–Trinajstić information content (AvgIpc) is 2.61. The summed E-state index contributed by atoms with van der Waals surface area (Å²) >= 11 is 0.267. The van der Waals surface area contributed by atoms with Crippen LogP contribution in [-0.4, -0.2) is 41.8 Å². The monoisotopic (exact) mass is 366 g/mol. The number of halogens is 2. The lowest BCUT2D eigenvalue weighted by Crippen LogP contribution is -2.27. The number of pyridine rings is 1. The van der Waals surface area contributed by atoms with E-state index in [1.54, 1.807) is 19.2 Å². The molecule has 25 heavy (non-hydrogen) atoms. The van der Waals surface area contributed by atoms with Crippen LogP contribution in [0.3, 0.4) is 0 Å². The Morgan fingerprint density at radius 1 is 1.28 bits per heavy atom. The topological polar surface area (TPSA) is 51.7 Å². The third kappa shape index (κ3) is 4.19. The number of ether oxygens (including phenoxy) is 2. The first kappa shape index (κ1) is 17.5. The second-order valence-corrected chi connectivity index (χ2v) is 6.35. The largest absolute Gasteiger partial charge is 0.486 e. The van der Waals surface area contributed by atoms with Crippen LogP contribution in [0.15, 0.2) is 41.6 Å². The molecule has 2 heterocycles. The second-order valence-electron chi connectivity index (χ2n) is 5.37. The van der Waals surface area contributed by atoms with Crippen molar-refractivity contribution >= 4 is 17.7 Å². The Labute approximate surface area is 147 Å². The van der Waals surface area contributed by atoms with Crippen molar-refractivity contribution in [3.05, 3.63) is 47.7 Å². The molecule has 2 aromatic rings. The van der Waals surface area contributed by atoms with Crippen molar-refractivity contribution in [1.29, 1.82) is 0 Å². The van der Waals surface area contributed by atoms with Crippen LogP contribution in [-0.2, 0) is 6.54 Å². The minimum Gasteiger partial charge on any atom is -0.486 e. The Bertz CT molecular complexity index is 773. The minimum atomic E-state index is -2.63. The number of carbonyl (C=O) groups is 1. The molecule has 1 amide bonds. The molecule has 0 bridgehead atoms. The summed E-state index contributed by atoms with van der Waals surface area (Å²) in [4.78, 5) is 18.0. The molecule has 0 saturated carbocycles. The van der Waals surface area contributed by atoms with Gasteiger partial charge >= 0.3 is 0 Å². The van der Waals surface area contributed by atoms with Crippen molar-refractivity contribution in [2.24, 2.45) is 0 Å². The standard InChI is InChI=1S/C17H16F2N2O3S/c1-21(10-11-4-5-13-14(9-11)24-8-7-23-13)16(22)12-3-2-6-20-15(12)25-17(18)19/h2-6,9,17H,7-8,10H2,1H3. The van der Waals surface area contributed by atoms with Gasteiger partial charge in [-0.2, -0.15) is 8.78 Å². The Kier molecular flexibility index (Phi) is 5.37. The number of rotatable bonds is 5. The number of hydrogen-bond donors (Lipinski definition) is 0. The summed E-state index contributed by atoms with van der Waals surface area (Å²) in [5.41, 5.74) is 1.01. The third-order valence-corrected chi connectivity index (χ3v) is 4.30. The van der Waals surface area contributed by atoms with E-state index in [0.717, 1.165) is 5.56 Å². The van der Waals surface area contributed by atoms with E-state index in [1.165, 1.54) is 17.2 Å². The Balaban J connectivity index is 1.75. The summed E-state index contributed by atoms with van der Waals surface area (Å²) in [6.07, 6.45) is 1.39. The first-order valence-electron chi connectivity index (χ1n) is 7.58. The highest BCUT2D eigenvalue weighted by atomic mass is 32.2. The number of hydrogen-bond acceptors (Lipinski definition) is 5. The van der Waals surface area contributed by atoms with Crippen LogP contribution in [0.5, 0.6) is 11.5 Å². The number of aromatic nitrogens is 1. The predicted octanol–water partition coefficient (Wildman–Crippen LogP) is 3.44. The zero-order valence-electron chi connectivity index (χ0n) is 13.4. The van der Waals surface area contributed by atoms with Crippen molar-refractivity contribution in [3.8, 4) is 11.5 Å². The Morgan fingerprint density at radius 3 is 2.80 bits per heavy atom. The molecule has 3 rings (SSSR count). The van der Waals surface area contributed by atoms with E-state index in [4.69, 9.17) is 9.47 Å². The maximum Gasteiger partial charge on any atom is 0.290 e. The first-order valence-corrected chi connectivity index (χ1v) is 8.46. The molecule has 0 unspecified atom stereocenters. The van der Waals surface area contributed by atoms with Crippen molar-refractivity contribution in [3.63, 3.8) is 0 Å². The van der Waals surface area contributed by atoms with Gasteiger partial charge in [0, 0.05) is 19.8 Å². The van der Waals surface area contributed by atoms with Gasteiger partial charge in [0.15, 0.2) is 11.5 Å². The average molecular weight is 366 g/mol. The lowest BCUT2D eigenvalue weighted by atomic mass is 10.1. The highest BCUT2D eigenvalue weighted by Crippen LogP contribution is 2.31. The van der Waals surface area contributed by atoms with Crippen LogP contribution >= 0.6 is 11.8 Å². The van der Waals surface area contributed by atoms with Gasteiger partial charge < -0.3 is 14.4 Å². The molecule has 132 valence electrons. The van der Waals surface area contributed by atoms with Gasteiger partial charge in [-0.1, -0.05) is 6.07 Å². The minimum absolute atomic E-state index is 0.0246. The molecular weight excluding hydrogens is 350 g/mol. The molecule has 5 nitrogen and oxygen atoms in total. The van der Waals surface area contributed by atoms with E-state index >= 15 is 0 Å². The van der Waals surface area contributed by atoms with Crippen molar-refractivity contribution in [2.75, 3.05) is 20.3 Å². The number of alkyl halides is 2. The molecule has 0 aliphatic carbocycles. The maximum absolute atomic E-state index is 12.6. The smallest absolute Gasteiger partial charge is 0.290 e. The van der Waals surface area contributed by atoms with E-state index in [1.807, 2.05) is 12.1 Å². The molecular formula is C17H16F2N2O3S. The third-order valence-electron chi connectivity index (χ3n) is 3.58. The van der Waals surface area contributed by atoms with E-state index in [9.17, 15) is 13.6 Å². The number of carbonyl (C=O) groups excluding carboxylic acids is 1. The summed E-state index contributed by atoms with van der Waals surface area (Å²) in [6, 6.07) is 8.51. The van der Waals surface area contributed by atoms with Crippen molar-refractivity contribution < 1.29 is 23.0 Å². The molecule has 0 atom stereocenters. The summed E-state index contributed by atoms with van der Waals surface area (Å²) in [6.45, 7) is 1.30. The SMILES string of the molecule is CN(Cc1ccc2c(c1)OCCO2)C(=O)c1cccnc1SC(F)F. The molecule has 0 N–H and O–H groups in total. The highest BCUT2D eigenvalue weighted by Gasteiger charge is 2.20. The fourth-order valence-electron chi connectivity index (χ4n) is 2.47. The van der Waals surface area contributed by atoms with Crippen LogP contribution in [0.2, 0.25) is 0 Å². The van der Waals surface area contributed by atoms with Gasteiger partial charge in [0.05, 0.1) is 5.56 Å². The normalized spacial score (nSPS) is 13.0. The van der Waals surface area contributed by atoms with Crippen LogP contribution in [0.25, 0.3) is 0 Å². The zero-order valence-corrected chi connectivity index (χ0v) is 14.3. The Morgan fingerprint density at radius 2 is 2.04 bits per heavy atom. The van der Waals surface area contributed by atoms with Crippen molar-refractivity contribution in [2.45, 2.75) is 17.3 Å². The molecule has 0 radical (unpaired) electrons. The van der Waals surface area contributed by atoms with E-state index in [-0.39, 0.29) is 28.3 Å². The van der Waals surface area contributed by atoms with Crippen molar-refractivity contribution in [1.82, 2.24) is 9.88 Å². The Hall–Kier alpha value is -2.35. The number of amides is 1. The predicted molar refractivity (Wildman–Crippen MR) is 89.3 cm³/mol. The van der Waals surface area contributed by atoms with E-state index in [0.29, 0.717) is 31.3 Å². The van der Waals surface area contributed by atoms with Crippen LogP contribution in [0.4, 0.5) is 8.78 Å². The number of fused-ring (bicyclic) bond motifs is 1. The number of benzene rings is 1. The van der Waals surface area contributed by atoms with Gasteiger partial charge in [-0.3, -0.25) is 4.79 Å².